The molecule has 0 radical (unpaired) electrons. The number of hydrogen-bond donors (Lipinski definition) is 3. The predicted octanol–water partition coefficient (Wildman–Crippen LogP) is -0.644. The van der Waals surface area contributed by atoms with E-state index in [4.69, 9.17) is 10.8 Å². The first kappa shape index (κ1) is 12.8. The third-order valence-electron chi connectivity index (χ3n) is 1.62. The van der Waals surface area contributed by atoms with Gasteiger partial charge in [0.15, 0.2) is 5.82 Å². The maximum Gasteiger partial charge on any atom is 0.320 e. The van der Waals surface area contributed by atoms with Crippen LogP contribution in [-0.2, 0) is 11.2 Å². The number of rotatable bonds is 5. The van der Waals surface area contributed by atoms with Gasteiger partial charge < -0.3 is 10.8 Å². The summed E-state index contributed by atoms with van der Waals surface area (Å²) in [5.74, 6) is -0.397. The second kappa shape index (κ2) is 6.28. The molecule has 7 nitrogen and oxygen atoms in total. The van der Waals surface area contributed by atoms with Crippen molar-refractivity contribution in [3.05, 3.63) is 5.82 Å². The lowest BCUT2D eigenvalue weighted by Gasteiger charge is -2.03. The summed E-state index contributed by atoms with van der Waals surface area (Å²) in [6.07, 6.45) is 1.66. The van der Waals surface area contributed by atoms with E-state index < -0.39 is 12.0 Å². The van der Waals surface area contributed by atoms with Gasteiger partial charge in [-0.25, -0.2) is 0 Å². The van der Waals surface area contributed by atoms with Crippen LogP contribution in [0.1, 0.15) is 18.7 Å². The zero-order valence-corrected chi connectivity index (χ0v) is 8.20. The van der Waals surface area contributed by atoms with E-state index in [0.717, 1.165) is 0 Å². The number of aromatic nitrogens is 4. The van der Waals surface area contributed by atoms with Crippen LogP contribution in [-0.4, -0.2) is 37.7 Å². The Hall–Kier alpha value is -1.21. The number of tetrazole rings is 1. The normalized spacial score (nSPS) is 11.8. The lowest BCUT2D eigenvalue weighted by atomic mass is 10.1. The summed E-state index contributed by atoms with van der Waals surface area (Å²) in [6.45, 7) is 0. The number of nitrogens with one attached hydrogen (secondary N) is 1. The van der Waals surface area contributed by atoms with Gasteiger partial charge in [-0.2, -0.15) is 5.21 Å². The van der Waals surface area contributed by atoms with Crippen LogP contribution in [0.3, 0.4) is 0 Å². The van der Waals surface area contributed by atoms with E-state index in [1.165, 1.54) is 0 Å². The summed E-state index contributed by atoms with van der Waals surface area (Å²) >= 11 is 0. The number of aliphatic carboxylic acids is 1. The van der Waals surface area contributed by atoms with Crippen molar-refractivity contribution < 1.29 is 9.90 Å². The number of nitrogens with zero attached hydrogens (tertiary/aromatic N) is 3. The summed E-state index contributed by atoms with van der Waals surface area (Å²) in [7, 11) is 0. The van der Waals surface area contributed by atoms with E-state index in [-0.39, 0.29) is 12.4 Å². The first-order valence-corrected chi connectivity index (χ1v) is 3.91. The number of H-pyrrole nitrogens is 1. The van der Waals surface area contributed by atoms with Crippen LogP contribution < -0.4 is 5.73 Å². The molecule has 14 heavy (non-hydrogen) atoms. The molecule has 0 aliphatic rings. The molecule has 1 aromatic heterocycles. The van der Waals surface area contributed by atoms with Crippen molar-refractivity contribution in [3.8, 4) is 0 Å². The lowest BCUT2D eigenvalue weighted by Crippen LogP contribution is -2.29. The Morgan fingerprint density at radius 2 is 2.36 bits per heavy atom. The molecular formula is C6H12ClN5O2. The van der Waals surface area contributed by atoms with Gasteiger partial charge in [0.25, 0.3) is 0 Å². The number of carboxylic acid groups (broad SMARTS) is 1. The summed E-state index contributed by atoms with van der Waals surface area (Å²) in [5, 5.41) is 21.6. The van der Waals surface area contributed by atoms with Gasteiger partial charge in [-0.3, -0.25) is 4.79 Å². The van der Waals surface area contributed by atoms with Gasteiger partial charge in [-0.15, -0.1) is 22.6 Å². The first-order valence-electron chi connectivity index (χ1n) is 3.91. The minimum atomic E-state index is -0.979. The fraction of sp³-hybridized carbons (Fsp3) is 0.667. The molecule has 80 valence electrons. The molecule has 1 rings (SSSR count). The maximum absolute atomic E-state index is 10.3. The number of halogens is 1. The highest BCUT2D eigenvalue weighted by atomic mass is 35.5. The Kier molecular flexibility index (Phi) is 5.73. The first-order chi connectivity index (χ1) is 6.20. The van der Waals surface area contributed by atoms with E-state index in [0.29, 0.717) is 25.1 Å². The average Bonchev–Trinajstić information content (AvgIpc) is 2.56. The van der Waals surface area contributed by atoms with Crippen molar-refractivity contribution in [2.24, 2.45) is 5.73 Å². The van der Waals surface area contributed by atoms with E-state index in [1.54, 1.807) is 0 Å². The third-order valence-corrected chi connectivity index (χ3v) is 1.62. The van der Waals surface area contributed by atoms with Gasteiger partial charge in [0.05, 0.1) is 0 Å². The van der Waals surface area contributed by atoms with Crippen LogP contribution in [0.4, 0.5) is 0 Å². The lowest BCUT2D eigenvalue weighted by molar-refractivity contribution is -0.138. The third kappa shape index (κ3) is 4.15. The summed E-state index contributed by atoms with van der Waals surface area (Å²) in [5.41, 5.74) is 5.29. The standard InChI is InChI=1S/C6H11N5O2.ClH/c7-4(6(12)13)2-1-3-5-8-10-11-9-5;/h4H,1-3,7H2,(H,12,13)(H,8,9,10,11);1H. The van der Waals surface area contributed by atoms with Crippen molar-refractivity contribution >= 4 is 18.4 Å². The monoisotopic (exact) mass is 221 g/mol. The summed E-state index contributed by atoms with van der Waals surface area (Å²) in [6, 6.07) is -0.799. The van der Waals surface area contributed by atoms with E-state index in [2.05, 4.69) is 20.6 Å². The average molecular weight is 222 g/mol. The molecule has 0 aliphatic heterocycles. The minimum absolute atomic E-state index is 0. The van der Waals surface area contributed by atoms with Crippen LogP contribution >= 0.6 is 12.4 Å². The Labute approximate surface area is 86.5 Å². The number of aryl methyl sites for hydroxylation is 1. The maximum atomic E-state index is 10.3. The van der Waals surface area contributed by atoms with Gasteiger partial charge in [0.2, 0.25) is 0 Å². The van der Waals surface area contributed by atoms with E-state index in [9.17, 15) is 4.79 Å². The molecule has 0 fully saturated rings. The molecule has 1 heterocycles. The number of hydrogen-bond acceptors (Lipinski definition) is 5. The summed E-state index contributed by atoms with van der Waals surface area (Å²) < 4.78 is 0. The largest absolute Gasteiger partial charge is 0.480 e. The van der Waals surface area contributed by atoms with Crippen molar-refractivity contribution in [3.63, 3.8) is 0 Å². The number of nitrogens with two attached hydrogens (primary N) is 1. The Morgan fingerprint density at radius 1 is 1.64 bits per heavy atom. The molecule has 0 aromatic carbocycles. The topological polar surface area (TPSA) is 118 Å². The van der Waals surface area contributed by atoms with E-state index in [1.807, 2.05) is 0 Å². The van der Waals surface area contributed by atoms with Gasteiger partial charge in [0.1, 0.15) is 6.04 Å². The zero-order valence-electron chi connectivity index (χ0n) is 7.38. The van der Waals surface area contributed by atoms with Gasteiger partial charge >= 0.3 is 5.97 Å². The van der Waals surface area contributed by atoms with Crippen LogP contribution in [0.2, 0.25) is 0 Å². The highest BCUT2D eigenvalue weighted by Gasteiger charge is 2.10. The van der Waals surface area contributed by atoms with E-state index >= 15 is 0 Å². The Balaban J connectivity index is 0.00000169. The molecule has 4 N–H and O–H groups in total. The molecule has 0 saturated carbocycles. The number of aromatic amines is 1. The van der Waals surface area contributed by atoms with Gasteiger partial charge in [0, 0.05) is 6.42 Å². The van der Waals surface area contributed by atoms with Crippen LogP contribution in [0.15, 0.2) is 0 Å². The highest BCUT2D eigenvalue weighted by Crippen LogP contribution is 1.99. The fourth-order valence-corrected chi connectivity index (χ4v) is 0.892. The second-order valence-corrected chi connectivity index (χ2v) is 2.66. The predicted molar refractivity (Wildman–Crippen MR) is 50.0 cm³/mol. The quantitative estimate of drug-likeness (QED) is 0.609. The molecule has 1 unspecified atom stereocenters. The molecule has 1 aromatic rings. The molecule has 8 heteroatoms. The van der Waals surface area contributed by atoms with Gasteiger partial charge in [-0.1, -0.05) is 5.21 Å². The molecule has 0 saturated heterocycles. The van der Waals surface area contributed by atoms with Crippen molar-refractivity contribution in [1.29, 1.82) is 0 Å². The number of carboxylic acids is 1. The molecule has 0 aliphatic carbocycles. The molecular weight excluding hydrogens is 210 g/mol. The zero-order chi connectivity index (χ0) is 9.68. The number of carbonyl (C=O) groups is 1. The van der Waals surface area contributed by atoms with Crippen molar-refractivity contribution in [2.45, 2.75) is 25.3 Å². The molecule has 0 amide bonds. The fourth-order valence-electron chi connectivity index (χ4n) is 0.892. The van der Waals surface area contributed by atoms with Gasteiger partial charge in [-0.05, 0) is 12.8 Å². The molecule has 1 atom stereocenters. The summed E-state index contributed by atoms with van der Waals surface area (Å²) in [4.78, 5) is 10.3. The highest BCUT2D eigenvalue weighted by molar-refractivity contribution is 5.85. The smallest absolute Gasteiger partial charge is 0.320 e. The van der Waals surface area contributed by atoms with Crippen LogP contribution in [0.5, 0.6) is 0 Å². The molecule has 0 bridgehead atoms. The second-order valence-electron chi connectivity index (χ2n) is 2.66. The Bertz CT molecular complexity index is 265. The van der Waals surface area contributed by atoms with Crippen molar-refractivity contribution in [2.75, 3.05) is 0 Å². The minimum Gasteiger partial charge on any atom is -0.480 e. The Morgan fingerprint density at radius 3 is 2.86 bits per heavy atom. The SMILES string of the molecule is Cl.NC(CCCc1nn[nH]n1)C(=O)O. The molecule has 0 spiro atoms. The van der Waals surface area contributed by atoms with Crippen LogP contribution in [0.25, 0.3) is 0 Å². The van der Waals surface area contributed by atoms with Crippen molar-refractivity contribution in [1.82, 2.24) is 20.6 Å². The van der Waals surface area contributed by atoms with Crippen LogP contribution in [0, 0.1) is 0 Å².